The highest BCUT2D eigenvalue weighted by atomic mass is 127. The molecular formula is C19H32IN3O2. The first-order valence-corrected chi connectivity index (χ1v) is 9.05. The van der Waals surface area contributed by atoms with Crippen LogP contribution in [0.1, 0.15) is 33.1 Å². The number of likely N-dealkylation sites (tertiary alicyclic amines) is 1. The number of nitrogens with one attached hydrogen (secondary N) is 1. The number of nitrogens with zero attached hydrogens (tertiary/aromatic N) is 2. The van der Waals surface area contributed by atoms with Crippen LogP contribution in [0.3, 0.4) is 0 Å². The Labute approximate surface area is 169 Å². The van der Waals surface area contributed by atoms with Crippen molar-refractivity contribution >= 4 is 29.9 Å². The van der Waals surface area contributed by atoms with E-state index >= 15 is 0 Å². The molecule has 0 amide bonds. The molecular weight excluding hydrogens is 429 g/mol. The van der Waals surface area contributed by atoms with Gasteiger partial charge in [-0.15, -0.1) is 24.0 Å². The van der Waals surface area contributed by atoms with Crippen LogP contribution in [0.25, 0.3) is 0 Å². The molecule has 25 heavy (non-hydrogen) atoms. The zero-order valence-corrected chi connectivity index (χ0v) is 17.9. The van der Waals surface area contributed by atoms with E-state index in [1.54, 1.807) is 0 Å². The summed E-state index contributed by atoms with van der Waals surface area (Å²) >= 11 is 0. The van der Waals surface area contributed by atoms with Crippen LogP contribution in [0.4, 0.5) is 0 Å². The summed E-state index contributed by atoms with van der Waals surface area (Å²) in [4.78, 5) is 6.74. The fourth-order valence-electron chi connectivity index (χ4n) is 2.97. The number of benzene rings is 1. The standard InChI is InChI=1S/C19H31N3O2.HI/c1-4-16(24-18-9-7-6-8-10-18)15-21-19(20-3)22-13-11-17(12-14-22)23-5-2;/h6-10,16-17H,4-5,11-15H2,1-3H3,(H,20,21);1H. The number of aliphatic imine (C=N–C) groups is 1. The van der Waals surface area contributed by atoms with Gasteiger partial charge in [0, 0.05) is 26.7 Å². The Kier molecular flexibility index (Phi) is 10.9. The molecule has 0 aliphatic carbocycles. The second-order valence-corrected chi connectivity index (χ2v) is 6.03. The smallest absolute Gasteiger partial charge is 0.193 e. The van der Waals surface area contributed by atoms with Gasteiger partial charge >= 0.3 is 0 Å². The van der Waals surface area contributed by atoms with E-state index in [2.05, 4.69) is 29.1 Å². The van der Waals surface area contributed by atoms with Crippen LogP contribution in [0.2, 0.25) is 0 Å². The molecule has 2 rings (SSSR count). The fourth-order valence-corrected chi connectivity index (χ4v) is 2.97. The van der Waals surface area contributed by atoms with E-state index in [1.807, 2.05) is 37.4 Å². The highest BCUT2D eigenvalue weighted by Gasteiger charge is 2.22. The van der Waals surface area contributed by atoms with Gasteiger partial charge in [0.2, 0.25) is 0 Å². The summed E-state index contributed by atoms with van der Waals surface area (Å²) in [5.41, 5.74) is 0. The van der Waals surface area contributed by atoms with Gasteiger partial charge in [0.15, 0.2) is 5.96 Å². The molecule has 0 aromatic heterocycles. The lowest BCUT2D eigenvalue weighted by atomic mass is 10.1. The lowest BCUT2D eigenvalue weighted by Crippen LogP contribution is -2.49. The Hall–Kier alpha value is -1.02. The quantitative estimate of drug-likeness (QED) is 0.384. The summed E-state index contributed by atoms with van der Waals surface area (Å²) in [5.74, 6) is 1.87. The summed E-state index contributed by atoms with van der Waals surface area (Å²) in [6.07, 6.45) is 3.60. The summed E-state index contributed by atoms with van der Waals surface area (Å²) in [6.45, 7) is 7.73. The first-order valence-electron chi connectivity index (χ1n) is 9.05. The van der Waals surface area contributed by atoms with Gasteiger partial charge in [-0.25, -0.2) is 0 Å². The van der Waals surface area contributed by atoms with Gasteiger partial charge in [0.1, 0.15) is 11.9 Å². The van der Waals surface area contributed by atoms with E-state index in [0.717, 1.165) is 57.2 Å². The number of rotatable bonds is 7. The molecule has 1 aromatic carbocycles. The van der Waals surface area contributed by atoms with Crippen molar-refractivity contribution in [2.45, 2.75) is 45.3 Å². The molecule has 1 aliphatic heterocycles. The van der Waals surface area contributed by atoms with Crippen LogP contribution in [-0.2, 0) is 4.74 Å². The third-order valence-electron chi connectivity index (χ3n) is 4.34. The largest absolute Gasteiger partial charge is 0.489 e. The van der Waals surface area contributed by atoms with Crippen molar-refractivity contribution < 1.29 is 9.47 Å². The first kappa shape index (κ1) is 22.0. The van der Waals surface area contributed by atoms with Crippen molar-refractivity contribution in [3.63, 3.8) is 0 Å². The monoisotopic (exact) mass is 461 g/mol. The fraction of sp³-hybridized carbons (Fsp3) is 0.632. The van der Waals surface area contributed by atoms with Crippen LogP contribution >= 0.6 is 24.0 Å². The molecule has 1 aliphatic rings. The van der Waals surface area contributed by atoms with Crippen LogP contribution in [0.5, 0.6) is 5.75 Å². The second kappa shape index (κ2) is 12.4. The molecule has 0 bridgehead atoms. The van der Waals surface area contributed by atoms with E-state index in [0.29, 0.717) is 6.10 Å². The van der Waals surface area contributed by atoms with Gasteiger partial charge in [-0.05, 0) is 38.3 Å². The molecule has 0 saturated carbocycles. The number of hydrogen-bond donors (Lipinski definition) is 1. The molecule has 6 heteroatoms. The number of para-hydroxylation sites is 1. The highest BCUT2D eigenvalue weighted by Crippen LogP contribution is 2.14. The van der Waals surface area contributed by atoms with Crippen LogP contribution in [-0.4, -0.2) is 56.4 Å². The average molecular weight is 461 g/mol. The molecule has 1 saturated heterocycles. The van der Waals surface area contributed by atoms with E-state index in [1.165, 1.54) is 0 Å². The molecule has 1 fully saturated rings. The van der Waals surface area contributed by atoms with Crippen LogP contribution < -0.4 is 10.1 Å². The maximum absolute atomic E-state index is 6.04. The summed E-state index contributed by atoms with van der Waals surface area (Å²) in [6, 6.07) is 9.99. The van der Waals surface area contributed by atoms with Crippen molar-refractivity contribution in [1.29, 1.82) is 0 Å². The average Bonchev–Trinajstić information content (AvgIpc) is 2.63. The summed E-state index contributed by atoms with van der Waals surface area (Å²) < 4.78 is 11.8. The Morgan fingerprint density at radius 2 is 1.92 bits per heavy atom. The van der Waals surface area contributed by atoms with Gasteiger partial charge in [-0.3, -0.25) is 4.99 Å². The van der Waals surface area contributed by atoms with Crippen molar-refractivity contribution in [2.75, 3.05) is 33.3 Å². The lowest BCUT2D eigenvalue weighted by Gasteiger charge is -2.34. The molecule has 1 aromatic rings. The summed E-state index contributed by atoms with van der Waals surface area (Å²) in [7, 11) is 1.84. The van der Waals surface area contributed by atoms with Gasteiger partial charge < -0.3 is 19.7 Å². The summed E-state index contributed by atoms with van der Waals surface area (Å²) in [5, 5.41) is 3.47. The molecule has 1 N–H and O–H groups in total. The topological polar surface area (TPSA) is 46.1 Å². The van der Waals surface area contributed by atoms with Gasteiger partial charge in [-0.2, -0.15) is 0 Å². The lowest BCUT2D eigenvalue weighted by molar-refractivity contribution is 0.0262. The van der Waals surface area contributed by atoms with E-state index in [4.69, 9.17) is 9.47 Å². The van der Waals surface area contributed by atoms with Gasteiger partial charge in [0.05, 0.1) is 12.6 Å². The maximum atomic E-state index is 6.04. The minimum atomic E-state index is 0. The van der Waals surface area contributed by atoms with Crippen LogP contribution in [0, 0.1) is 0 Å². The Balaban J connectivity index is 0.00000312. The first-order chi connectivity index (χ1) is 11.8. The minimum Gasteiger partial charge on any atom is -0.489 e. The predicted octanol–water partition coefficient (Wildman–Crippen LogP) is 3.54. The second-order valence-electron chi connectivity index (χ2n) is 6.03. The minimum absolute atomic E-state index is 0. The van der Waals surface area contributed by atoms with E-state index in [-0.39, 0.29) is 30.1 Å². The maximum Gasteiger partial charge on any atom is 0.193 e. The number of ether oxygens (including phenoxy) is 2. The molecule has 142 valence electrons. The molecule has 5 nitrogen and oxygen atoms in total. The molecule has 1 unspecified atom stereocenters. The van der Waals surface area contributed by atoms with Crippen molar-refractivity contribution in [2.24, 2.45) is 4.99 Å². The van der Waals surface area contributed by atoms with Crippen molar-refractivity contribution in [3.05, 3.63) is 30.3 Å². The van der Waals surface area contributed by atoms with Gasteiger partial charge in [0.25, 0.3) is 0 Å². The third kappa shape index (κ3) is 7.40. The number of hydrogen-bond acceptors (Lipinski definition) is 3. The molecule has 1 heterocycles. The zero-order valence-electron chi connectivity index (χ0n) is 15.6. The molecule has 0 spiro atoms. The van der Waals surface area contributed by atoms with Gasteiger partial charge in [-0.1, -0.05) is 25.1 Å². The Morgan fingerprint density at radius 1 is 1.24 bits per heavy atom. The number of guanidine groups is 1. The van der Waals surface area contributed by atoms with E-state index < -0.39 is 0 Å². The van der Waals surface area contributed by atoms with E-state index in [9.17, 15) is 0 Å². The molecule has 1 atom stereocenters. The highest BCUT2D eigenvalue weighted by molar-refractivity contribution is 14.0. The third-order valence-corrected chi connectivity index (χ3v) is 4.34. The normalized spacial score (nSPS) is 16.9. The number of halogens is 1. The van der Waals surface area contributed by atoms with Crippen LogP contribution in [0.15, 0.2) is 35.3 Å². The predicted molar refractivity (Wildman–Crippen MR) is 114 cm³/mol. The Morgan fingerprint density at radius 3 is 2.48 bits per heavy atom. The molecule has 0 radical (unpaired) electrons. The number of piperidine rings is 1. The SMILES string of the molecule is CCOC1CCN(C(=NC)NCC(CC)Oc2ccccc2)CC1.I. The van der Waals surface area contributed by atoms with Crippen molar-refractivity contribution in [3.8, 4) is 5.75 Å². The zero-order chi connectivity index (χ0) is 17.2. The Bertz CT molecular complexity index is 491. The van der Waals surface area contributed by atoms with Crippen molar-refractivity contribution in [1.82, 2.24) is 10.2 Å².